The minimum atomic E-state index is -0.417. The Morgan fingerprint density at radius 1 is 1.35 bits per heavy atom. The molecule has 0 aliphatic carbocycles. The van der Waals surface area contributed by atoms with Gasteiger partial charge in [0, 0.05) is 12.2 Å². The lowest BCUT2D eigenvalue weighted by Gasteiger charge is -2.19. The van der Waals surface area contributed by atoms with Crippen LogP contribution in [0.4, 0.5) is 5.69 Å². The first-order valence-corrected chi connectivity index (χ1v) is 7.57. The molecule has 0 radical (unpaired) electrons. The number of carbonyl (C=O) groups excluding carboxylic acids is 1. The summed E-state index contributed by atoms with van der Waals surface area (Å²) in [6, 6.07) is 7.60. The molecule has 20 heavy (non-hydrogen) atoms. The van der Waals surface area contributed by atoms with Gasteiger partial charge in [0.25, 0.3) is 0 Å². The van der Waals surface area contributed by atoms with Crippen LogP contribution < -0.4 is 11.1 Å². The van der Waals surface area contributed by atoms with E-state index in [4.69, 9.17) is 5.73 Å². The Hall–Kier alpha value is -1.39. The summed E-state index contributed by atoms with van der Waals surface area (Å²) in [6.07, 6.45) is 4.19. The van der Waals surface area contributed by atoms with Crippen molar-refractivity contribution in [1.29, 1.82) is 0 Å². The highest BCUT2D eigenvalue weighted by Crippen LogP contribution is 2.20. The van der Waals surface area contributed by atoms with Crippen LogP contribution in [0.1, 0.15) is 38.2 Å². The van der Waals surface area contributed by atoms with Gasteiger partial charge >= 0.3 is 0 Å². The molecule has 0 spiro atoms. The van der Waals surface area contributed by atoms with E-state index in [2.05, 4.69) is 16.3 Å². The van der Waals surface area contributed by atoms with Crippen molar-refractivity contribution in [2.45, 2.75) is 45.2 Å². The summed E-state index contributed by atoms with van der Waals surface area (Å²) in [5, 5.41) is 2.98. The molecule has 1 aliphatic heterocycles. The summed E-state index contributed by atoms with van der Waals surface area (Å²) in [7, 11) is 0. The summed E-state index contributed by atoms with van der Waals surface area (Å²) in [4.78, 5) is 14.5. The van der Waals surface area contributed by atoms with Crippen LogP contribution in [0.15, 0.2) is 24.3 Å². The van der Waals surface area contributed by atoms with Crippen LogP contribution in [0.5, 0.6) is 0 Å². The van der Waals surface area contributed by atoms with Crippen LogP contribution in [0.25, 0.3) is 0 Å². The first kappa shape index (κ1) is 15.0. The van der Waals surface area contributed by atoms with Crippen LogP contribution in [-0.2, 0) is 11.3 Å². The van der Waals surface area contributed by atoms with Crippen LogP contribution >= 0.6 is 0 Å². The Labute approximate surface area is 121 Å². The van der Waals surface area contributed by atoms with Crippen LogP contribution in [0.2, 0.25) is 0 Å². The summed E-state index contributed by atoms with van der Waals surface area (Å²) in [5.41, 5.74) is 7.94. The number of amides is 1. The van der Waals surface area contributed by atoms with Crippen molar-refractivity contribution >= 4 is 11.6 Å². The zero-order valence-corrected chi connectivity index (χ0v) is 12.3. The number of hydrogen-bond acceptors (Lipinski definition) is 3. The highest BCUT2D eigenvalue weighted by atomic mass is 16.2. The maximum absolute atomic E-state index is 12.0. The SMILES string of the molecule is CCC[C@H](N)C(=O)Nc1ccccc1CN1CCCC1. The number of hydrogen-bond donors (Lipinski definition) is 2. The van der Waals surface area contributed by atoms with Crippen molar-refractivity contribution in [3.63, 3.8) is 0 Å². The zero-order chi connectivity index (χ0) is 14.4. The maximum Gasteiger partial charge on any atom is 0.241 e. The normalized spacial score (nSPS) is 17.1. The molecule has 3 N–H and O–H groups in total. The molecule has 1 heterocycles. The second-order valence-corrected chi connectivity index (χ2v) is 5.52. The number of para-hydroxylation sites is 1. The molecular weight excluding hydrogens is 250 g/mol. The van der Waals surface area contributed by atoms with Gasteiger partial charge in [0.1, 0.15) is 0 Å². The van der Waals surface area contributed by atoms with Crippen LogP contribution in [0, 0.1) is 0 Å². The molecular formula is C16H25N3O. The molecule has 1 fully saturated rings. The summed E-state index contributed by atoms with van der Waals surface area (Å²) < 4.78 is 0. The largest absolute Gasteiger partial charge is 0.324 e. The van der Waals surface area contributed by atoms with Gasteiger partial charge in [0.2, 0.25) is 5.91 Å². The van der Waals surface area contributed by atoms with Gasteiger partial charge < -0.3 is 11.1 Å². The predicted molar refractivity (Wildman–Crippen MR) is 82.5 cm³/mol. The van der Waals surface area contributed by atoms with E-state index in [0.717, 1.165) is 38.2 Å². The predicted octanol–water partition coefficient (Wildman–Crippen LogP) is 2.35. The first-order valence-electron chi connectivity index (χ1n) is 7.57. The lowest BCUT2D eigenvalue weighted by atomic mass is 10.1. The number of anilines is 1. The topological polar surface area (TPSA) is 58.4 Å². The third kappa shape index (κ3) is 4.05. The van der Waals surface area contributed by atoms with Crippen molar-refractivity contribution < 1.29 is 4.79 Å². The van der Waals surface area contributed by atoms with E-state index in [0.29, 0.717) is 0 Å². The molecule has 1 aromatic carbocycles. The quantitative estimate of drug-likeness (QED) is 0.838. The molecule has 1 atom stereocenters. The minimum Gasteiger partial charge on any atom is -0.324 e. The molecule has 1 aromatic rings. The van der Waals surface area contributed by atoms with E-state index in [1.807, 2.05) is 25.1 Å². The number of rotatable bonds is 6. The van der Waals surface area contributed by atoms with E-state index in [1.165, 1.54) is 18.4 Å². The zero-order valence-electron chi connectivity index (χ0n) is 12.3. The van der Waals surface area contributed by atoms with Gasteiger partial charge in [-0.25, -0.2) is 0 Å². The molecule has 4 heteroatoms. The number of carbonyl (C=O) groups is 1. The van der Waals surface area contributed by atoms with Crippen molar-refractivity contribution in [2.24, 2.45) is 5.73 Å². The van der Waals surface area contributed by atoms with Gasteiger partial charge in [0.05, 0.1) is 6.04 Å². The number of nitrogens with one attached hydrogen (secondary N) is 1. The highest BCUT2D eigenvalue weighted by Gasteiger charge is 2.16. The van der Waals surface area contributed by atoms with Crippen molar-refractivity contribution in [2.75, 3.05) is 18.4 Å². The smallest absolute Gasteiger partial charge is 0.241 e. The second-order valence-electron chi connectivity index (χ2n) is 5.52. The van der Waals surface area contributed by atoms with Crippen LogP contribution in [-0.4, -0.2) is 29.9 Å². The third-order valence-corrected chi connectivity index (χ3v) is 3.80. The van der Waals surface area contributed by atoms with Crippen molar-refractivity contribution in [3.05, 3.63) is 29.8 Å². The van der Waals surface area contributed by atoms with Gasteiger partial charge in [-0.1, -0.05) is 31.5 Å². The van der Waals surface area contributed by atoms with E-state index in [1.54, 1.807) is 0 Å². The number of benzene rings is 1. The summed E-state index contributed by atoms with van der Waals surface area (Å²) in [5.74, 6) is -0.0827. The van der Waals surface area contributed by atoms with Crippen LogP contribution in [0.3, 0.4) is 0 Å². The van der Waals surface area contributed by atoms with Gasteiger partial charge in [-0.2, -0.15) is 0 Å². The van der Waals surface area contributed by atoms with Gasteiger partial charge in [0.15, 0.2) is 0 Å². The van der Waals surface area contributed by atoms with E-state index in [9.17, 15) is 4.79 Å². The Morgan fingerprint density at radius 3 is 2.75 bits per heavy atom. The second kappa shape index (κ2) is 7.41. The Morgan fingerprint density at radius 2 is 2.05 bits per heavy atom. The minimum absolute atomic E-state index is 0.0827. The molecule has 1 amide bonds. The fourth-order valence-corrected chi connectivity index (χ4v) is 2.63. The van der Waals surface area contributed by atoms with Crippen molar-refractivity contribution in [1.82, 2.24) is 4.90 Å². The third-order valence-electron chi connectivity index (χ3n) is 3.80. The molecule has 0 saturated carbocycles. The Balaban J connectivity index is 2.01. The van der Waals surface area contributed by atoms with E-state index < -0.39 is 6.04 Å². The van der Waals surface area contributed by atoms with Gasteiger partial charge in [-0.15, -0.1) is 0 Å². The van der Waals surface area contributed by atoms with Crippen molar-refractivity contribution in [3.8, 4) is 0 Å². The molecule has 2 rings (SSSR count). The van der Waals surface area contributed by atoms with E-state index in [-0.39, 0.29) is 5.91 Å². The molecule has 0 unspecified atom stereocenters. The fraction of sp³-hybridized carbons (Fsp3) is 0.562. The molecule has 4 nitrogen and oxygen atoms in total. The fourth-order valence-electron chi connectivity index (χ4n) is 2.63. The maximum atomic E-state index is 12.0. The molecule has 1 aliphatic rings. The molecule has 0 aromatic heterocycles. The lowest BCUT2D eigenvalue weighted by Crippen LogP contribution is -2.35. The summed E-state index contributed by atoms with van der Waals surface area (Å²) >= 11 is 0. The highest BCUT2D eigenvalue weighted by molar-refractivity contribution is 5.95. The number of nitrogens with zero attached hydrogens (tertiary/aromatic N) is 1. The monoisotopic (exact) mass is 275 g/mol. The number of nitrogens with two attached hydrogens (primary N) is 1. The standard InChI is InChI=1S/C16H25N3O/c1-2-7-14(17)16(20)18-15-9-4-3-8-13(15)12-19-10-5-6-11-19/h3-4,8-9,14H,2,5-7,10-12,17H2,1H3,(H,18,20)/t14-/m0/s1. The summed E-state index contributed by atoms with van der Waals surface area (Å²) in [6.45, 7) is 5.24. The number of likely N-dealkylation sites (tertiary alicyclic amines) is 1. The van der Waals surface area contributed by atoms with Gasteiger partial charge in [-0.05, 0) is 44.0 Å². The Bertz CT molecular complexity index is 441. The first-order chi connectivity index (χ1) is 9.70. The average Bonchev–Trinajstić information content (AvgIpc) is 2.94. The Kier molecular flexibility index (Phi) is 5.56. The molecule has 1 saturated heterocycles. The molecule has 110 valence electrons. The van der Waals surface area contributed by atoms with Gasteiger partial charge in [-0.3, -0.25) is 9.69 Å². The van der Waals surface area contributed by atoms with E-state index >= 15 is 0 Å². The average molecular weight is 275 g/mol. The molecule has 0 bridgehead atoms. The lowest BCUT2D eigenvalue weighted by molar-refractivity contribution is -0.117.